The van der Waals surface area contributed by atoms with Crippen molar-refractivity contribution in [2.45, 2.75) is 38.7 Å². The first kappa shape index (κ1) is 14.0. The van der Waals surface area contributed by atoms with Crippen LogP contribution < -0.4 is 5.32 Å². The summed E-state index contributed by atoms with van der Waals surface area (Å²) < 4.78 is 0. The van der Waals surface area contributed by atoms with Crippen LogP contribution in [0.15, 0.2) is 24.3 Å². The summed E-state index contributed by atoms with van der Waals surface area (Å²) in [6, 6.07) is 7.85. The average Bonchev–Trinajstić information content (AvgIpc) is 2.34. The van der Waals surface area contributed by atoms with Crippen molar-refractivity contribution in [3.63, 3.8) is 0 Å². The number of rotatable bonds is 8. The monoisotopic (exact) mass is 237 g/mol. The minimum absolute atomic E-state index is 0.290. The number of benzene rings is 1. The Labute approximate surface area is 103 Å². The van der Waals surface area contributed by atoms with Crippen molar-refractivity contribution >= 4 is 5.69 Å². The summed E-state index contributed by atoms with van der Waals surface area (Å²) in [5, 5.41) is 21.6. The molecule has 0 amide bonds. The third kappa shape index (κ3) is 5.20. The van der Waals surface area contributed by atoms with Gasteiger partial charge in [0, 0.05) is 24.4 Å². The van der Waals surface area contributed by atoms with E-state index >= 15 is 0 Å². The van der Waals surface area contributed by atoms with Crippen molar-refractivity contribution in [3.8, 4) is 0 Å². The number of nitrogens with one attached hydrogen (secondary N) is 1. The molecule has 0 spiro atoms. The van der Waals surface area contributed by atoms with Crippen LogP contribution >= 0.6 is 0 Å². The fraction of sp³-hybridized carbons (Fsp3) is 0.571. The molecule has 0 aliphatic rings. The molecular weight excluding hydrogens is 214 g/mol. The molecule has 3 heteroatoms. The third-order valence-electron chi connectivity index (χ3n) is 2.81. The smallest absolute Gasteiger partial charge is 0.0781 e. The molecule has 0 fully saturated rings. The van der Waals surface area contributed by atoms with E-state index in [4.69, 9.17) is 5.11 Å². The highest BCUT2D eigenvalue weighted by molar-refractivity contribution is 5.51. The Balaban J connectivity index is 2.31. The lowest BCUT2D eigenvalue weighted by Gasteiger charge is -2.13. The molecule has 96 valence electrons. The van der Waals surface area contributed by atoms with Crippen LogP contribution in [0.1, 0.15) is 44.3 Å². The van der Waals surface area contributed by atoms with Gasteiger partial charge in [0.1, 0.15) is 0 Å². The molecule has 1 aromatic carbocycles. The van der Waals surface area contributed by atoms with Crippen LogP contribution in [0, 0.1) is 0 Å². The summed E-state index contributed by atoms with van der Waals surface area (Å²) >= 11 is 0. The van der Waals surface area contributed by atoms with Crippen LogP contribution in [0.3, 0.4) is 0 Å². The van der Waals surface area contributed by atoms with E-state index in [0.29, 0.717) is 0 Å². The van der Waals surface area contributed by atoms with Crippen LogP contribution in [0.4, 0.5) is 5.69 Å². The van der Waals surface area contributed by atoms with Gasteiger partial charge in [0.15, 0.2) is 0 Å². The fourth-order valence-corrected chi connectivity index (χ4v) is 1.84. The Kier molecular flexibility index (Phi) is 6.67. The van der Waals surface area contributed by atoms with Crippen LogP contribution in [0.5, 0.6) is 0 Å². The molecular formula is C14H23NO2. The highest BCUT2D eigenvalue weighted by Crippen LogP contribution is 2.22. The number of unbranched alkanes of at least 4 members (excludes halogenated alkanes) is 3. The molecule has 1 rings (SSSR count). The molecule has 0 radical (unpaired) electrons. The Morgan fingerprint density at radius 1 is 1.12 bits per heavy atom. The quantitative estimate of drug-likeness (QED) is 0.609. The standard InChI is InChI=1S/C14H23NO2/c1-12(17)13-8-4-5-9-14(13)15-10-6-2-3-7-11-16/h4-5,8-9,12,15-17H,2-3,6-7,10-11H2,1H3. The van der Waals surface area contributed by atoms with E-state index in [0.717, 1.165) is 43.5 Å². The van der Waals surface area contributed by atoms with Gasteiger partial charge in [-0.15, -0.1) is 0 Å². The Bertz CT molecular complexity index is 313. The maximum absolute atomic E-state index is 9.61. The SMILES string of the molecule is CC(O)c1ccccc1NCCCCCCO. The predicted octanol–water partition coefficient (Wildman–Crippen LogP) is 2.70. The molecule has 1 unspecified atom stereocenters. The van der Waals surface area contributed by atoms with Crippen molar-refractivity contribution in [1.82, 2.24) is 0 Å². The zero-order valence-corrected chi connectivity index (χ0v) is 10.5. The molecule has 17 heavy (non-hydrogen) atoms. The maximum atomic E-state index is 9.61. The largest absolute Gasteiger partial charge is 0.396 e. The first-order valence-electron chi connectivity index (χ1n) is 6.37. The lowest BCUT2D eigenvalue weighted by molar-refractivity contribution is 0.200. The number of anilines is 1. The van der Waals surface area contributed by atoms with Gasteiger partial charge < -0.3 is 15.5 Å². The summed E-state index contributed by atoms with van der Waals surface area (Å²) in [5.41, 5.74) is 1.97. The van der Waals surface area contributed by atoms with Crippen LogP contribution in [0.25, 0.3) is 0 Å². The van der Waals surface area contributed by atoms with E-state index in [2.05, 4.69) is 5.32 Å². The van der Waals surface area contributed by atoms with Gasteiger partial charge in [0.2, 0.25) is 0 Å². The first-order chi connectivity index (χ1) is 8.25. The van der Waals surface area contributed by atoms with Crippen molar-refractivity contribution in [3.05, 3.63) is 29.8 Å². The van der Waals surface area contributed by atoms with E-state index in [9.17, 15) is 5.11 Å². The van der Waals surface area contributed by atoms with E-state index in [-0.39, 0.29) is 6.61 Å². The van der Waals surface area contributed by atoms with Gasteiger partial charge >= 0.3 is 0 Å². The van der Waals surface area contributed by atoms with Gasteiger partial charge in [-0.1, -0.05) is 31.0 Å². The second-order valence-electron chi connectivity index (χ2n) is 4.33. The van der Waals surface area contributed by atoms with E-state index < -0.39 is 6.10 Å². The van der Waals surface area contributed by atoms with Crippen LogP contribution in [-0.2, 0) is 0 Å². The second-order valence-corrected chi connectivity index (χ2v) is 4.33. The summed E-state index contributed by atoms with van der Waals surface area (Å²) in [6.07, 6.45) is 3.76. The second kappa shape index (κ2) is 8.09. The molecule has 1 aromatic rings. The summed E-state index contributed by atoms with van der Waals surface area (Å²) in [7, 11) is 0. The molecule has 0 aliphatic carbocycles. The number of hydrogen-bond acceptors (Lipinski definition) is 3. The molecule has 3 N–H and O–H groups in total. The normalized spacial score (nSPS) is 12.4. The molecule has 0 saturated carbocycles. The van der Waals surface area contributed by atoms with Gasteiger partial charge in [-0.25, -0.2) is 0 Å². The Hall–Kier alpha value is -1.06. The minimum atomic E-state index is -0.437. The molecule has 0 heterocycles. The lowest BCUT2D eigenvalue weighted by atomic mass is 10.1. The summed E-state index contributed by atoms with van der Waals surface area (Å²) in [5.74, 6) is 0. The Morgan fingerprint density at radius 3 is 2.53 bits per heavy atom. The number of aliphatic hydroxyl groups is 2. The maximum Gasteiger partial charge on any atom is 0.0781 e. The predicted molar refractivity (Wildman–Crippen MR) is 71.1 cm³/mol. The number of aliphatic hydroxyl groups excluding tert-OH is 2. The van der Waals surface area contributed by atoms with Crippen molar-refractivity contribution in [1.29, 1.82) is 0 Å². The van der Waals surface area contributed by atoms with Gasteiger partial charge in [-0.3, -0.25) is 0 Å². The van der Waals surface area contributed by atoms with Crippen LogP contribution in [-0.4, -0.2) is 23.4 Å². The molecule has 0 saturated heterocycles. The highest BCUT2D eigenvalue weighted by atomic mass is 16.3. The zero-order chi connectivity index (χ0) is 12.5. The zero-order valence-electron chi connectivity index (χ0n) is 10.5. The van der Waals surface area contributed by atoms with Gasteiger partial charge in [0.05, 0.1) is 6.10 Å². The van der Waals surface area contributed by atoms with Gasteiger partial charge in [-0.2, -0.15) is 0 Å². The van der Waals surface area contributed by atoms with Gasteiger partial charge in [-0.05, 0) is 25.8 Å². The number of hydrogen-bond donors (Lipinski definition) is 3. The average molecular weight is 237 g/mol. The van der Waals surface area contributed by atoms with Crippen molar-refractivity contribution < 1.29 is 10.2 Å². The van der Waals surface area contributed by atoms with Crippen molar-refractivity contribution in [2.24, 2.45) is 0 Å². The summed E-state index contributed by atoms with van der Waals surface area (Å²) in [4.78, 5) is 0. The Morgan fingerprint density at radius 2 is 1.82 bits per heavy atom. The molecule has 0 bridgehead atoms. The fourth-order valence-electron chi connectivity index (χ4n) is 1.84. The molecule has 1 atom stereocenters. The van der Waals surface area contributed by atoms with Gasteiger partial charge in [0.25, 0.3) is 0 Å². The van der Waals surface area contributed by atoms with Crippen LogP contribution in [0.2, 0.25) is 0 Å². The van der Waals surface area contributed by atoms with E-state index in [1.54, 1.807) is 6.92 Å². The summed E-state index contributed by atoms with van der Waals surface area (Å²) in [6.45, 7) is 2.98. The molecule has 0 aliphatic heterocycles. The lowest BCUT2D eigenvalue weighted by Crippen LogP contribution is -2.05. The van der Waals surface area contributed by atoms with Crippen molar-refractivity contribution in [2.75, 3.05) is 18.5 Å². The molecule has 3 nitrogen and oxygen atoms in total. The highest BCUT2D eigenvalue weighted by Gasteiger charge is 2.05. The van der Waals surface area contributed by atoms with E-state index in [1.165, 1.54) is 0 Å². The van der Waals surface area contributed by atoms with E-state index in [1.807, 2.05) is 24.3 Å². The topological polar surface area (TPSA) is 52.5 Å². The third-order valence-corrected chi connectivity index (χ3v) is 2.81. The first-order valence-corrected chi connectivity index (χ1v) is 6.37. The molecule has 0 aromatic heterocycles. The minimum Gasteiger partial charge on any atom is -0.396 e. The number of para-hydroxylation sites is 1.